The van der Waals surface area contributed by atoms with Crippen LogP contribution in [0.15, 0.2) is 43.5 Å². The van der Waals surface area contributed by atoms with Crippen molar-refractivity contribution >= 4 is 6.08 Å². The molecule has 0 heterocycles. The van der Waals surface area contributed by atoms with Gasteiger partial charge in [0.2, 0.25) is 0 Å². The van der Waals surface area contributed by atoms with Crippen LogP contribution in [0.3, 0.4) is 0 Å². The summed E-state index contributed by atoms with van der Waals surface area (Å²) in [6.45, 7) is 11.4. The first kappa shape index (κ1) is 8.79. The molecule has 61 valence electrons. The summed E-state index contributed by atoms with van der Waals surface area (Å²) in [6.07, 6.45) is 3.67. The van der Waals surface area contributed by atoms with Gasteiger partial charge >= 0.3 is 0 Å². The molecule has 1 unspecified atom stereocenters. The molecule has 12 heavy (non-hydrogen) atoms. The zero-order valence-corrected chi connectivity index (χ0v) is 7.16. The Hall–Kier alpha value is -1.30. The molecule has 1 aromatic carbocycles. The Morgan fingerprint density at radius 2 is 2.00 bits per heavy atom. The van der Waals surface area contributed by atoms with Gasteiger partial charge in [0.05, 0.1) is 0 Å². The fourth-order valence-corrected chi connectivity index (χ4v) is 1.05. The largest absolute Gasteiger partial charge is 0.102 e. The highest BCUT2D eigenvalue weighted by Gasteiger charge is 1.99. The van der Waals surface area contributed by atoms with E-state index in [0.29, 0.717) is 0 Å². The molecule has 1 aromatic rings. The van der Waals surface area contributed by atoms with Crippen molar-refractivity contribution in [3.63, 3.8) is 0 Å². The molecular formula is C12H13. The summed E-state index contributed by atoms with van der Waals surface area (Å²) >= 11 is 0. The smallest absolute Gasteiger partial charge is 0.00158 e. The molecule has 0 saturated heterocycles. The highest BCUT2D eigenvalue weighted by molar-refractivity contribution is 5.48. The van der Waals surface area contributed by atoms with Crippen molar-refractivity contribution in [1.82, 2.24) is 0 Å². The predicted octanol–water partition coefficient (Wildman–Crippen LogP) is 3.43. The zero-order chi connectivity index (χ0) is 8.97. The molecule has 0 nitrogen and oxygen atoms in total. The highest BCUT2D eigenvalue weighted by atomic mass is 14.0. The number of rotatable bonds is 3. The second-order valence-corrected chi connectivity index (χ2v) is 2.72. The van der Waals surface area contributed by atoms with Gasteiger partial charge in [-0.15, -0.1) is 6.58 Å². The second kappa shape index (κ2) is 3.91. The van der Waals surface area contributed by atoms with E-state index in [-0.39, 0.29) is 5.92 Å². The van der Waals surface area contributed by atoms with Crippen molar-refractivity contribution in [3.05, 3.63) is 61.5 Å². The van der Waals surface area contributed by atoms with Gasteiger partial charge in [-0.25, -0.2) is 0 Å². The van der Waals surface area contributed by atoms with Crippen LogP contribution >= 0.6 is 0 Å². The second-order valence-electron chi connectivity index (χ2n) is 2.72. The topological polar surface area (TPSA) is 0 Å². The third kappa shape index (κ3) is 1.85. The minimum atomic E-state index is 0.171. The monoisotopic (exact) mass is 157 g/mol. The van der Waals surface area contributed by atoms with Crippen molar-refractivity contribution < 1.29 is 0 Å². The first-order valence-corrected chi connectivity index (χ1v) is 3.96. The molecule has 1 atom stereocenters. The normalized spacial score (nSPS) is 12.1. The lowest BCUT2D eigenvalue weighted by Gasteiger charge is -2.06. The Bertz CT molecular complexity index is 284. The van der Waals surface area contributed by atoms with Gasteiger partial charge in [0, 0.05) is 5.92 Å². The first-order chi connectivity index (χ1) is 5.77. The minimum absolute atomic E-state index is 0.171. The molecule has 0 aliphatic rings. The number of allylic oxidation sites excluding steroid dienone is 1. The third-order valence-electron chi connectivity index (χ3n) is 1.86. The van der Waals surface area contributed by atoms with E-state index in [4.69, 9.17) is 0 Å². The summed E-state index contributed by atoms with van der Waals surface area (Å²) in [5.74, 6) is 0.171. The van der Waals surface area contributed by atoms with E-state index in [9.17, 15) is 0 Å². The molecule has 0 N–H and O–H groups in total. The average molecular weight is 157 g/mol. The van der Waals surface area contributed by atoms with E-state index >= 15 is 0 Å². The Labute approximate surface area is 74.2 Å². The first-order valence-electron chi connectivity index (χ1n) is 3.96. The summed E-state index contributed by atoms with van der Waals surface area (Å²) in [7, 11) is 0. The number of hydrogen-bond donors (Lipinski definition) is 0. The Morgan fingerprint density at radius 3 is 2.58 bits per heavy atom. The zero-order valence-electron chi connectivity index (χ0n) is 7.16. The SMILES string of the molecule is [CH2]C(C=C)c1cccc(C=C)c1. The van der Waals surface area contributed by atoms with Crippen molar-refractivity contribution in [2.45, 2.75) is 5.92 Å². The van der Waals surface area contributed by atoms with E-state index in [1.54, 1.807) is 0 Å². The molecule has 0 fully saturated rings. The van der Waals surface area contributed by atoms with E-state index < -0.39 is 0 Å². The van der Waals surface area contributed by atoms with Crippen molar-refractivity contribution in [2.75, 3.05) is 0 Å². The van der Waals surface area contributed by atoms with Gasteiger partial charge in [0.25, 0.3) is 0 Å². The van der Waals surface area contributed by atoms with Crippen LogP contribution in [-0.4, -0.2) is 0 Å². The molecule has 0 aliphatic carbocycles. The molecule has 0 aliphatic heterocycles. The molecular weight excluding hydrogens is 144 g/mol. The third-order valence-corrected chi connectivity index (χ3v) is 1.86. The van der Waals surface area contributed by atoms with Gasteiger partial charge in [-0.2, -0.15) is 0 Å². The number of benzene rings is 1. The summed E-state index contributed by atoms with van der Waals surface area (Å²) in [5.41, 5.74) is 2.31. The average Bonchev–Trinajstić information content (AvgIpc) is 2.17. The molecule has 1 rings (SSSR count). The summed E-state index contributed by atoms with van der Waals surface area (Å²) < 4.78 is 0. The van der Waals surface area contributed by atoms with Gasteiger partial charge in [0.1, 0.15) is 0 Å². The van der Waals surface area contributed by atoms with Gasteiger partial charge in [0.15, 0.2) is 0 Å². The molecule has 0 spiro atoms. The maximum absolute atomic E-state index is 3.95. The van der Waals surface area contributed by atoms with Crippen LogP contribution in [0.25, 0.3) is 6.08 Å². The maximum atomic E-state index is 3.95. The lowest BCUT2D eigenvalue weighted by Crippen LogP contribution is -1.88. The Kier molecular flexibility index (Phi) is 2.87. The lowest BCUT2D eigenvalue weighted by molar-refractivity contribution is 1.08. The van der Waals surface area contributed by atoms with Crippen LogP contribution in [0.4, 0.5) is 0 Å². The van der Waals surface area contributed by atoms with E-state index in [1.807, 2.05) is 30.4 Å². The van der Waals surface area contributed by atoms with Crippen LogP contribution in [0.5, 0.6) is 0 Å². The van der Waals surface area contributed by atoms with E-state index in [0.717, 1.165) is 5.56 Å². The summed E-state index contributed by atoms with van der Waals surface area (Å²) in [6, 6.07) is 8.15. The van der Waals surface area contributed by atoms with Crippen LogP contribution in [0, 0.1) is 6.92 Å². The predicted molar refractivity (Wildman–Crippen MR) is 54.8 cm³/mol. The standard InChI is InChI=1S/C12H13/c1-4-10(3)12-8-6-7-11(5-2)9-12/h4-10H,1-3H2. The van der Waals surface area contributed by atoms with Gasteiger partial charge < -0.3 is 0 Å². The molecule has 0 amide bonds. The minimum Gasteiger partial charge on any atom is -0.102 e. The molecule has 0 heteroatoms. The number of hydrogen-bond acceptors (Lipinski definition) is 0. The fraction of sp³-hybridized carbons (Fsp3) is 0.0833. The Balaban J connectivity index is 3.00. The molecule has 0 bridgehead atoms. The van der Waals surface area contributed by atoms with E-state index in [2.05, 4.69) is 26.1 Å². The molecule has 0 saturated carbocycles. The van der Waals surface area contributed by atoms with Crippen molar-refractivity contribution in [1.29, 1.82) is 0 Å². The summed E-state index contributed by atoms with van der Waals surface area (Å²) in [5, 5.41) is 0. The van der Waals surface area contributed by atoms with Crippen LogP contribution in [0.2, 0.25) is 0 Å². The Morgan fingerprint density at radius 1 is 1.25 bits per heavy atom. The summed E-state index contributed by atoms with van der Waals surface area (Å²) in [4.78, 5) is 0. The van der Waals surface area contributed by atoms with Gasteiger partial charge in [-0.1, -0.05) is 43.0 Å². The van der Waals surface area contributed by atoms with Crippen LogP contribution in [-0.2, 0) is 0 Å². The maximum Gasteiger partial charge on any atom is 0.00158 e. The van der Waals surface area contributed by atoms with Gasteiger partial charge in [-0.05, 0) is 18.1 Å². The van der Waals surface area contributed by atoms with Crippen molar-refractivity contribution in [2.24, 2.45) is 0 Å². The highest BCUT2D eigenvalue weighted by Crippen LogP contribution is 2.17. The van der Waals surface area contributed by atoms with Gasteiger partial charge in [-0.3, -0.25) is 0 Å². The van der Waals surface area contributed by atoms with E-state index in [1.165, 1.54) is 5.56 Å². The lowest BCUT2D eigenvalue weighted by atomic mass is 9.99. The van der Waals surface area contributed by atoms with Crippen LogP contribution in [0.1, 0.15) is 17.0 Å². The molecule has 1 radical (unpaired) electrons. The van der Waals surface area contributed by atoms with Crippen LogP contribution < -0.4 is 0 Å². The quantitative estimate of drug-likeness (QED) is 0.590. The fourth-order valence-electron chi connectivity index (χ4n) is 1.05. The van der Waals surface area contributed by atoms with Crippen molar-refractivity contribution in [3.8, 4) is 0 Å². The molecule has 0 aromatic heterocycles.